The predicted octanol–water partition coefficient (Wildman–Crippen LogP) is 0.198. The molecule has 2 heterocycles. The molecule has 2 aromatic heterocycles. The molecular formula is C11H16N4O3S2. The zero-order valence-electron chi connectivity index (χ0n) is 11.2. The standard InChI is InChI=1S/C11H16N4O3S2/c1-8-5-11(19-9(8)6-16)20(17,18)13-4-3-10-12-7-15(2)14-10/h5,7,13,16H,3-4,6H2,1-2H3. The van der Waals surface area contributed by atoms with Crippen molar-refractivity contribution in [1.82, 2.24) is 19.5 Å². The molecule has 2 N–H and O–H groups in total. The van der Waals surface area contributed by atoms with Gasteiger partial charge >= 0.3 is 0 Å². The monoisotopic (exact) mass is 316 g/mol. The highest BCUT2D eigenvalue weighted by molar-refractivity contribution is 7.91. The molecule has 0 bridgehead atoms. The van der Waals surface area contributed by atoms with Gasteiger partial charge in [-0.05, 0) is 18.6 Å². The number of hydrogen-bond donors (Lipinski definition) is 2. The van der Waals surface area contributed by atoms with Gasteiger partial charge in [0, 0.05) is 24.9 Å². The summed E-state index contributed by atoms with van der Waals surface area (Å²) in [7, 11) is -1.78. The molecule has 7 nitrogen and oxygen atoms in total. The van der Waals surface area contributed by atoms with Gasteiger partial charge in [-0.1, -0.05) is 0 Å². The first-order chi connectivity index (χ1) is 9.42. The van der Waals surface area contributed by atoms with Crippen LogP contribution in [0.5, 0.6) is 0 Å². The van der Waals surface area contributed by atoms with E-state index in [1.54, 1.807) is 31.0 Å². The number of nitrogens with one attached hydrogen (secondary N) is 1. The lowest BCUT2D eigenvalue weighted by atomic mass is 10.3. The number of rotatable bonds is 6. The average Bonchev–Trinajstić information content (AvgIpc) is 2.95. The SMILES string of the molecule is Cc1cc(S(=O)(=O)NCCc2ncn(C)n2)sc1CO. The molecule has 9 heteroatoms. The van der Waals surface area contributed by atoms with E-state index < -0.39 is 10.0 Å². The Morgan fingerprint density at radius 2 is 2.25 bits per heavy atom. The van der Waals surface area contributed by atoms with Crippen LogP contribution in [0.25, 0.3) is 0 Å². The molecule has 0 aliphatic carbocycles. The van der Waals surface area contributed by atoms with Crippen LogP contribution >= 0.6 is 11.3 Å². The van der Waals surface area contributed by atoms with Crippen molar-refractivity contribution in [2.45, 2.75) is 24.2 Å². The maximum atomic E-state index is 12.1. The second-order valence-corrected chi connectivity index (χ2v) is 7.44. The zero-order valence-corrected chi connectivity index (χ0v) is 12.8. The van der Waals surface area contributed by atoms with E-state index in [-0.39, 0.29) is 17.4 Å². The number of aliphatic hydroxyl groups excluding tert-OH is 1. The van der Waals surface area contributed by atoms with E-state index in [0.29, 0.717) is 17.1 Å². The van der Waals surface area contributed by atoms with Gasteiger partial charge in [0.2, 0.25) is 10.0 Å². The Balaban J connectivity index is 2.00. The largest absolute Gasteiger partial charge is 0.391 e. The van der Waals surface area contributed by atoms with E-state index in [0.717, 1.165) is 16.9 Å². The zero-order chi connectivity index (χ0) is 14.8. The van der Waals surface area contributed by atoms with Gasteiger partial charge in [0.05, 0.1) is 6.61 Å². The Morgan fingerprint density at radius 1 is 1.50 bits per heavy atom. The molecule has 0 spiro atoms. The van der Waals surface area contributed by atoms with Crippen molar-refractivity contribution in [3.63, 3.8) is 0 Å². The maximum absolute atomic E-state index is 12.1. The first kappa shape index (κ1) is 15.1. The highest BCUT2D eigenvalue weighted by Crippen LogP contribution is 2.25. The van der Waals surface area contributed by atoms with Crippen molar-refractivity contribution in [3.05, 3.63) is 28.7 Å². The van der Waals surface area contributed by atoms with Crippen LogP contribution in [0.4, 0.5) is 0 Å². The molecule has 0 unspecified atom stereocenters. The van der Waals surface area contributed by atoms with Gasteiger partial charge in [0.15, 0.2) is 5.82 Å². The summed E-state index contributed by atoms with van der Waals surface area (Å²) in [5.41, 5.74) is 0.782. The van der Waals surface area contributed by atoms with Gasteiger partial charge in [-0.25, -0.2) is 18.1 Å². The van der Waals surface area contributed by atoms with Crippen LogP contribution in [-0.4, -0.2) is 34.8 Å². The number of aryl methyl sites for hydroxylation is 2. The van der Waals surface area contributed by atoms with Crippen molar-refractivity contribution in [2.24, 2.45) is 7.05 Å². The highest BCUT2D eigenvalue weighted by Gasteiger charge is 2.18. The molecule has 0 atom stereocenters. The Hall–Kier alpha value is -1.29. The van der Waals surface area contributed by atoms with Gasteiger partial charge in [-0.2, -0.15) is 5.10 Å². The van der Waals surface area contributed by atoms with Crippen LogP contribution in [-0.2, 0) is 30.1 Å². The lowest BCUT2D eigenvalue weighted by molar-refractivity contribution is 0.285. The molecular weight excluding hydrogens is 300 g/mol. The van der Waals surface area contributed by atoms with Crippen LogP contribution in [0.15, 0.2) is 16.6 Å². The summed E-state index contributed by atoms with van der Waals surface area (Å²) in [6, 6.07) is 1.57. The minimum absolute atomic E-state index is 0.149. The van der Waals surface area contributed by atoms with Gasteiger partial charge in [-0.15, -0.1) is 11.3 Å². The molecule has 0 aliphatic rings. The topological polar surface area (TPSA) is 97.1 Å². The van der Waals surface area contributed by atoms with E-state index in [1.807, 2.05) is 0 Å². The predicted molar refractivity (Wildman–Crippen MR) is 74.9 cm³/mol. The lowest BCUT2D eigenvalue weighted by Crippen LogP contribution is -2.25. The van der Waals surface area contributed by atoms with Gasteiger partial charge in [0.25, 0.3) is 0 Å². The minimum Gasteiger partial charge on any atom is -0.391 e. The van der Waals surface area contributed by atoms with Crippen LogP contribution in [0, 0.1) is 6.92 Å². The molecule has 0 radical (unpaired) electrons. The van der Waals surface area contributed by atoms with Crippen molar-refractivity contribution in [1.29, 1.82) is 0 Å². The highest BCUT2D eigenvalue weighted by atomic mass is 32.2. The fraction of sp³-hybridized carbons (Fsp3) is 0.455. The third kappa shape index (κ3) is 3.42. The molecule has 0 saturated carbocycles. The van der Waals surface area contributed by atoms with Crippen molar-refractivity contribution in [3.8, 4) is 0 Å². The average molecular weight is 316 g/mol. The number of hydrogen-bond acceptors (Lipinski definition) is 6. The normalized spacial score (nSPS) is 11.9. The Bertz CT molecular complexity index is 690. The number of sulfonamides is 1. The number of aromatic nitrogens is 3. The summed E-state index contributed by atoms with van der Waals surface area (Å²) in [5, 5.41) is 13.2. The number of nitrogens with zero attached hydrogens (tertiary/aromatic N) is 3. The van der Waals surface area contributed by atoms with Crippen LogP contribution < -0.4 is 4.72 Å². The maximum Gasteiger partial charge on any atom is 0.250 e. The minimum atomic E-state index is -3.54. The van der Waals surface area contributed by atoms with E-state index in [2.05, 4.69) is 14.8 Å². The molecule has 0 saturated heterocycles. The van der Waals surface area contributed by atoms with Crippen LogP contribution in [0.1, 0.15) is 16.3 Å². The summed E-state index contributed by atoms with van der Waals surface area (Å²) < 4.78 is 28.5. The fourth-order valence-electron chi connectivity index (χ4n) is 1.64. The Kier molecular flexibility index (Phi) is 4.53. The summed E-state index contributed by atoms with van der Waals surface area (Å²) >= 11 is 1.08. The number of thiophene rings is 1. The fourth-order valence-corrected chi connectivity index (χ4v) is 4.17. The van der Waals surface area contributed by atoms with Gasteiger partial charge < -0.3 is 5.11 Å². The molecule has 2 aromatic rings. The Labute approximate surface area is 121 Å². The van der Waals surface area contributed by atoms with Gasteiger partial charge in [-0.3, -0.25) is 4.68 Å². The van der Waals surface area contributed by atoms with Crippen LogP contribution in [0.3, 0.4) is 0 Å². The molecule has 110 valence electrons. The number of aliphatic hydroxyl groups is 1. The van der Waals surface area contributed by atoms with Gasteiger partial charge in [0.1, 0.15) is 10.5 Å². The molecule has 0 aliphatic heterocycles. The van der Waals surface area contributed by atoms with E-state index >= 15 is 0 Å². The summed E-state index contributed by atoms with van der Waals surface area (Å²) in [5.74, 6) is 0.591. The third-order valence-electron chi connectivity index (χ3n) is 2.69. The molecule has 2 rings (SSSR count). The molecule has 0 aromatic carbocycles. The van der Waals surface area contributed by atoms with E-state index in [4.69, 9.17) is 5.11 Å². The Morgan fingerprint density at radius 3 is 2.80 bits per heavy atom. The lowest BCUT2D eigenvalue weighted by Gasteiger charge is -2.02. The summed E-state index contributed by atoms with van der Waals surface area (Å²) in [4.78, 5) is 4.69. The second-order valence-electron chi connectivity index (χ2n) is 4.31. The summed E-state index contributed by atoms with van der Waals surface area (Å²) in [6.07, 6.45) is 2.00. The van der Waals surface area contributed by atoms with E-state index in [1.165, 1.54) is 0 Å². The second kappa shape index (κ2) is 6.00. The summed E-state index contributed by atoms with van der Waals surface area (Å²) in [6.45, 7) is 1.86. The quantitative estimate of drug-likeness (QED) is 0.793. The molecule has 0 amide bonds. The first-order valence-corrected chi connectivity index (χ1v) is 8.26. The first-order valence-electron chi connectivity index (χ1n) is 5.96. The van der Waals surface area contributed by atoms with Crippen molar-refractivity contribution in [2.75, 3.05) is 6.54 Å². The van der Waals surface area contributed by atoms with Crippen molar-refractivity contribution >= 4 is 21.4 Å². The smallest absolute Gasteiger partial charge is 0.250 e. The molecule has 20 heavy (non-hydrogen) atoms. The van der Waals surface area contributed by atoms with Crippen LogP contribution in [0.2, 0.25) is 0 Å². The third-order valence-corrected chi connectivity index (χ3v) is 5.85. The molecule has 0 fully saturated rings. The van der Waals surface area contributed by atoms with E-state index in [9.17, 15) is 8.42 Å². The van der Waals surface area contributed by atoms with Crippen molar-refractivity contribution < 1.29 is 13.5 Å².